The second kappa shape index (κ2) is 12.7. The number of hydrogen-bond acceptors (Lipinski definition) is 7. The Labute approximate surface area is 256 Å². The molecule has 4 N–H and O–H groups in total. The predicted octanol–water partition coefficient (Wildman–Crippen LogP) is 6.81. The van der Waals surface area contributed by atoms with Crippen LogP contribution in [0.2, 0.25) is 5.02 Å². The van der Waals surface area contributed by atoms with Gasteiger partial charge in [-0.3, -0.25) is 0 Å². The van der Waals surface area contributed by atoms with Gasteiger partial charge in [0.2, 0.25) is 0 Å². The van der Waals surface area contributed by atoms with Crippen LogP contribution in [0.3, 0.4) is 0 Å². The molecule has 3 aromatic heterocycles. The number of hydrogen-bond donors (Lipinski definition) is 3. The number of fused-ring (bicyclic) bond motifs is 1. The fourth-order valence-corrected chi connectivity index (χ4v) is 5.14. The molecule has 44 heavy (non-hydrogen) atoms. The summed E-state index contributed by atoms with van der Waals surface area (Å²) in [4.78, 5) is 24.2. The number of alkyl carbamates (subject to hydrolysis) is 1. The molecule has 4 aromatic rings. The van der Waals surface area contributed by atoms with Gasteiger partial charge in [0.1, 0.15) is 17.3 Å². The van der Waals surface area contributed by atoms with Crippen molar-refractivity contribution in [1.82, 2.24) is 24.9 Å². The molecule has 0 bridgehead atoms. The molecule has 0 aliphatic heterocycles. The first-order chi connectivity index (χ1) is 20.9. The van der Waals surface area contributed by atoms with Crippen molar-refractivity contribution in [3.05, 3.63) is 71.3 Å². The highest BCUT2D eigenvalue weighted by Crippen LogP contribution is 2.33. The molecule has 5 rings (SSSR count). The minimum Gasteiger partial charge on any atom is -0.444 e. The average molecular weight is 629 g/mol. The summed E-state index contributed by atoms with van der Waals surface area (Å²) in [5.74, 6) is -1.01. The molecule has 0 spiro atoms. The number of benzene rings is 1. The summed E-state index contributed by atoms with van der Waals surface area (Å²) in [5, 5.41) is 11.2. The molecule has 0 unspecified atom stereocenters. The van der Waals surface area contributed by atoms with E-state index < -0.39 is 29.8 Å². The van der Waals surface area contributed by atoms with Crippen LogP contribution in [0.1, 0.15) is 64.3 Å². The summed E-state index contributed by atoms with van der Waals surface area (Å²) in [7, 11) is 0. The van der Waals surface area contributed by atoms with Gasteiger partial charge in [0.15, 0.2) is 5.82 Å². The molecule has 1 aliphatic carbocycles. The zero-order valence-corrected chi connectivity index (χ0v) is 25.1. The van der Waals surface area contributed by atoms with Gasteiger partial charge in [0, 0.05) is 47.9 Å². The number of nitrogens with one attached hydrogen (secondary N) is 2. The van der Waals surface area contributed by atoms with E-state index in [1.807, 2.05) is 26.8 Å². The van der Waals surface area contributed by atoms with Gasteiger partial charge in [0.05, 0.1) is 33.7 Å². The summed E-state index contributed by atoms with van der Waals surface area (Å²) in [6.07, 6.45) is 5.61. The van der Waals surface area contributed by atoms with Crippen LogP contribution in [-0.4, -0.2) is 49.2 Å². The highest BCUT2D eigenvalue weighted by molar-refractivity contribution is 6.33. The molecule has 0 radical (unpaired) electrons. The number of ether oxygens (including phenoxy) is 1. The maximum atomic E-state index is 13.9. The molecule has 0 atom stereocenters. The number of carbonyl (C=O) groups excluding carboxylic acids is 1. The zero-order valence-electron chi connectivity index (χ0n) is 24.3. The topological polar surface area (TPSA) is 132 Å². The summed E-state index contributed by atoms with van der Waals surface area (Å²) in [6.45, 7) is 5.45. The van der Waals surface area contributed by atoms with Crippen LogP contribution in [0.5, 0.6) is 0 Å². The second-order valence-corrected chi connectivity index (χ2v) is 12.0. The van der Waals surface area contributed by atoms with Crippen LogP contribution < -0.4 is 16.4 Å². The Kier molecular flexibility index (Phi) is 8.95. The lowest BCUT2D eigenvalue weighted by Crippen LogP contribution is -2.42. The van der Waals surface area contributed by atoms with E-state index in [-0.39, 0.29) is 28.6 Å². The molecule has 0 saturated heterocycles. The summed E-state index contributed by atoms with van der Waals surface area (Å²) in [5.41, 5.74) is 8.92. The van der Waals surface area contributed by atoms with Gasteiger partial charge in [-0.25, -0.2) is 37.4 Å². The lowest BCUT2D eigenvalue weighted by atomic mass is 9.91. The van der Waals surface area contributed by atoms with Gasteiger partial charge >= 0.3 is 6.09 Å². The Bertz CT molecular complexity index is 1680. The Morgan fingerprint density at radius 1 is 1.09 bits per heavy atom. The van der Waals surface area contributed by atoms with Crippen molar-refractivity contribution in [3.63, 3.8) is 0 Å². The molecule has 1 saturated carbocycles. The highest BCUT2D eigenvalue weighted by Gasteiger charge is 2.26. The van der Waals surface area contributed by atoms with Crippen molar-refractivity contribution in [3.8, 4) is 11.1 Å². The average Bonchev–Trinajstić information content (AvgIpc) is 3.40. The minimum atomic E-state index is -2.78. The standard InChI is InChI=1S/C30H32ClF3N8O2/c1-30(2,3)44-29(43)40-20-7-5-19(6-8-20)39-25-21(27(35)41-23-11-18(32)4-9-22(23)31)14-38-42-15-16(10-24(25)42)17-12-36-28(26(33)34)37-13-17/h4,9-15,19-20,26,39H,5-8H2,1-3H3,(H2,35,41)(H,40,43)/t19-,20-. The van der Waals surface area contributed by atoms with Crippen molar-refractivity contribution in [2.75, 3.05) is 5.32 Å². The van der Waals surface area contributed by atoms with Gasteiger partial charge in [-0.05, 0) is 64.7 Å². The molecule has 10 nitrogen and oxygen atoms in total. The Balaban J connectivity index is 1.46. The van der Waals surface area contributed by atoms with E-state index in [1.54, 1.807) is 10.7 Å². The quantitative estimate of drug-likeness (QED) is 0.151. The Morgan fingerprint density at radius 2 is 1.77 bits per heavy atom. The molecule has 14 heteroatoms. The molecule has 1 fully saturated rings. The molecule has 1 aromatic carbocycles. The first-order valence-electron chi connectivity index (χ1n) is 14.0. The van der Waals surface area contributed by atoms with E-state index in [9.17, 15) is 18.0 Å². The van der Waals surface area contributed by atoms with Gasteiger partial charge in [-0.15, -0.1) is 0 Å². The molecule has 3 heterocycles. The number of amidine groups is 1. The van der Waals surface area contributed by atoms with Crippen LogP contribution in [0, 0.1) is 5.82 Å². The number of alkyl halides is 2. The van der Waals surface area contributed by atoms with Crippen LogP contribution in [0.25, 0.3) is 16.6 Å². The van der Waals surface area contributed by atoms with Gasteiger partial charge in [-0.1, -0.05) is 11.6 Å². The van der Waals surface area contributed by atoms with Crippen LogP contribution in [0.4, 0.5) is 29.3 Å². The number of amides is 1. The third kappa shape index (κ3) is 7.39. The summed E-state index contributed by atoms with van der Waals surface area (Å²) >= 11 is 6.24. The maximum Gasteiger partial charge on any atom is 0.407 e. The van der Waals surface area contributed by atoms with E-state index in [4.69, 9.17) is 22.1 Å². The van der Waals surface area contributed by atoms with E-state index >= 15 is 0 Å². The maximum absolute atomic E-state index is 13.9. The van der Waals surface area contributed by atoms with Gasteiger partial charge < -0.3 is 21.1 Å². The van der Waals surface area contributed by atoms with Crippen LogP contribution >= 0.6 is 11.6 Å². The van der Waals surface area contributed by atoms with Crippen molar-refractivity contribution >= 4 is 40.4 Å². The monoisotopic (exact) mass is 628 g/mol. The second-order valence-electron chi connectivity index (χ2n) is 11.6. The normalized spacial score (nSPS) is 17.6. The predicted molar refractivity (Wildman–Crippen MR) is 162 cm³/mol. The lowest BCUT2D eigenvalue weighted by Gasteiger charge is -2.31. The molecular formula is C30H32ClF3N8O2. The molecule has 1 amide bonds. The van der Waals surface area contributed by atoms with Crippen molar-refractivity contribution in [2.24, 2.45) is 10.7 Å². The summed E-state index contributed by atoms with van der Waals surface area (Å²) < 4.78 is 46.9. The molecular weight excluding hydrogens is 597 g/mol. The van der Waals surface area contributed by atoms with Crippen LogP contribution in [0.15, 0.2) is 54.0 Å². The van der Waals surface area contributed by atoms with Crippen LogP contribution in [-0.2, 0) is 4.74 Å². The fraction of sp³-hybridized carbons (Fsp3) is 0.367. The van der Waals surface area contributed by atoms with Crippen molar-refractivity contribution in [2.45, 2.75) is 70.6 Å². The number of aromatic nitrogens is 4. The third-order valence-electron chi connectivity index (χ3n) is 7.06. The fourth-order valence-electron chi connectivity index (χ4n) is 4.98. The largest absolute Gasteiger partial charge is 0.444 e. The number of nitrogens with zero attached hydrogens (tertiary/aromatic N) is 5. The SMILES string of the molecule is CC(C)(C)OC(=O)N[C@H]1CC[C@H](Nc2c(C(N)=Nc3cc(F)ccc3Cl)cnn3cc(-c4cnc(C(F)F)nc4)cc23)CC1. The van der Waals surface area contributed by atoms with Crippen molar-refractivity contribution < 1.29 is 22.7 Å². The van der Waals surface area contributed by atoms with Gasteiger partial charge in [0.25, 0.3) is 6.43 Å². The highest BCUT2D eigenvalue weighted by atomic mass is 35.5. The number of rotatable bonds is 7. The number of nitrogens with two attached hydrogens (primary N) is 1. The third-order valence-corrected chi connectivity index (χ3v) is 7.38. The Hall–Kier alpha value is -4.39. The zero-order chi connectivity index (χ0) is 31.6. The minimum absolute atomic E-state index is 0.00852. The van der Waals surface area contributed by atoms with Gasteiger partial charge in [-0.2, -0.15) is 5.10 Å². The summed E-state index contributed by atoms with van der Waals surface area (Å²) in [6, 6.07) is 5.61. The first-order valence-corrected chi connectivity index (χ1v) is 14.4. The molecule has 232 valence electrons. The van der Waals surface area contributed by atoms with E-state index in [0.717, 1.165) is 25.7 Å². The number of carbonyl (C=O) groups is 1. The smallest absolute Gasteiger partial charge is 0.407 e. The number of halogens is 4. The van der Waals surface area contributed by atoms with Crippen molar-refractivity contribution in [1.29, 1.82) is 0 Å². The Morgan fingerprint density at radius 3 is 2.43 bits per heavy atom. The lowest BCUT2D eigenvalue weighted by molar-refractivity contribution is 0.0492. The number of anilines is 1. The van der Waals surface area contributed by atoms with E-state index in [1.165, 1.54) is 36.8 Å². The van der Waals surface area contributed by atoms with E-state index in [0.29, 0.717) is 27.9 Å². The molecule has 1 aliphatic rings. The first kappa shape index (κ1) is 31.0. The van der Waals surface area contributed by atoms with E-state index in [2.05, 4.69) is 30.7 Å². The number of aliphatic imine (C=N–C) groups is 1.